The lowest BCUT2D eigenvalue weighted by molar-refractivity contribution is -0.173. The highest BCUT2D eigenvalue weighted by Crippen LogP contribution is 2.64. The third-order valence-electron chi connectivity index (χ3n) is 12.4. The molecule has 3 aromatic rings. The van der Waals surface area contributed by atoms with E-state index in [2.05, 4.69) is 5.32 Å². The van der Waals surface area contributed by atoms with Crippen LogP contribution < -0.4 is 14.8 Å². The van der Waals surface area contributed by atoms with Crippen molar-refractivity contribution < 1.29 is 39.0 Å². The van der Waals surface area contributed by atoms with Crippen LogP contribution in [0.1, 0.15) is 90.8 Å². The standard InChI is InChI=1S/C38H37N3O8/c1-16-17(2)28(42)18(3)30-23(16)29(43)25(32(44)48-30)26-24-20-9-10-21-19(11-13-35(4,5)49-21)27(20)41(47)31(24)36(6,7)22-15-37-12-8-14-40(37)34(46)38(22,26)39-33(37)45/h9-11,13,22,42,47H,8,12,14-15H2,1-7H3,(H,39,45)/b26-25-/t22-,37-,38+/m0/s1. The summed E-state index contributed by atoms with van der Waals surface area (Å²) in [5.41, 5.74) is -1.75. The number of piperazine rings is 1. The second kappa shape index (κ2) is 8.74. The van der Waals surface area contributed by atoms with Gasteiger partial charge < -0.3 is 30.0 Å². The van der Waals surface area contributed by atoms with Crippen LogP contribution in [0.3, 0.4) is 0 Å². The number of piperidine rings is 2. The first-order valence-electron chi connectivity index (χ1n) is 16.8. The highest BCUT2D eigenvalue weighted by Gasteiger charge is 2.75. The number of nitrogens with one attached hydrogen (secondary N) is 1. The number of ether oxygens (including phenoxy) is 2. The van der Waals surface area contributed by atoms with E-state index in [0.29, 0.717) is 64.0 Å². The first-order chi connectivity index (χ1) is 23.0. The smallest absolute Gasteiger partial charge is 0.348 e. The van der Waals surface area contributed by atoms with Crippen LogP contribution in [-0.2, 0) is 19.8 Å². The number of carbonyl (C=O) groups is 4. The van der Waals surface area contributed by atoms with Gasteiger partial charge in [0.1, 0.15) is 34.0 Å². The first kappa shape index (κ1) is 30.0. The number of rotatable bonds is 0. The molecular formula is C38H37N3O8. The van der Waals surface area contributed by atoms with Gasteiger partial charge in [0.2, 0.25) is 11.7 Å². The first-order valence-corrected chi connectivity index (χ1v) is 16.8. The Morgan fingerprint density at radius 2 is 1.71 bits per heavy atom. The van der Waals surface area contributed by atoms with Gasteiger partial charge in [0, 0.05) is 45.5 Å². The fourth-order valence-corrected chi connectivity index (χ4v) is 9.98. The van der Waals surface area contributed by atoms with Crippen LogP contribution in [-0.4, -0.2) is 66.7 Å². The van der Waals surface area contributed by atoms with E-state index in [9.17, 15) is 24.7 Å². The molecule has 10 rings (SSSR count). The van der Waals surface area contributed by atoms with Crippen LogP contribution in [0.4, 0.5) is 0 Å². The van der Waals surface area contributed by atoms with E-state index in [4.69, 9.17) is 9.47 Å². The number of aromatic nitrogens is 1. The number of phenolic OH excluding ortho intramolecular Hbond substituents is 1. The van der Waals surface area contributed by atoms with Crippen LogP contribution in [0, 0.1) is 26.7 Å². The lowest BCUT2D eigenvalue weighted by atomic mass is 9.49. The largest absolute Gasteiger partial charge is 0.507 e. The number of carbonyl (C=O) groups excluding carboxylic acids is 4. The van der Waals surface area contributed by atoms with Gasteiger partial charge in [-0.25, -0.2) is 4.79 Å². The molecule has 0 radical (unpaired) electrons. The molecule has 11 heteroatoms. The van der Waals surface area contributed by atoms with Gasteiger partial charge >= 0.3 is 5.97 Å². The molecule has 1 aromatic heterocycles. The maximum absolute atomic E-state index is 15.1. The van der Waals surface area contributed by atoms with Gasteiger partial charge in [-0.15, -0.1) is 0 Å². The van der Waals surface area contributed by atoms with Crippen molar-refractivity contribution in [1.29, 1.82) is 0 Å². The van der Waals surface area contributed by atoms with E-state index >= 15 is 4.79 Å². The minimum atomic E-state index is -1.81. The Morgan fingerprint density at radius 3 is 2.45 bits per heavy atom. The normalized spacial score (nSPS) is 29.9. The molecule has 4 fully saturated rings. The minimum Gasteiger partial charge on any atom is -0.507 e. The van der Waals surface area contributed by atoms with E-state index in [1.165, 1.54) is 0 Å². The predicted octanol–water partition coefficient (Wildman–Crippen LogP) is 4.79. The van der Waals surface area contributed by atoms with Crippen molar-refractivity contribution in [3.8, 4) is 17.2 Å². The Labute approximate surface area is 282 Å². The molecule has 1 aliphatic carbocycles. The maximum Gasteiger partial charge on any atom is 0.348 e. The van der Waals surface area contributed by atoms with Gasteiger partial charge in [-0.2, -0.15) is 4.73 Å². The zero-order valence-electron chi connectivity index (χ0n) is 28.5. The third kappa shape index (κ3) is 3.20. The van der Waals surface area contributed by atoms with Crippen molar-refractivity contribution in [3.63, 3.8) is 0 Å². The lowest BCUT2D eigenvalue weighted by Crippen LogP contribution is -2.84. The molecule has 2 spiro atoms. The number of ketones is 1. The Balaban J connectivity index is 1.46. The molecule has 11 nitrogen and oxygen atoms in total. The highest BCUT2D eigenvalue weighted by atomic mass is 16.5. The quantitative estimate of drug-likeness (QED) is 0.102. The molecule has 49 heavy (non-hydrogen) atoms. The number of nitrogens with zero attached hydrogens (tertiary/aromatic N) is 2. The lowest BCUT2D eigenvalue weighted by Gasteiger charge is -2.64. The maximum atomic E-state index is 15.1. The fourth-order valence-electron chi connectivity index (χ4n) is 9.98. The SMILES string of the molecule is Cc1c(C)c2c(c(C)c1O)OC(=O)/C(=C1/c3c(n(O)c4c5c(ccc34)OC(C)(C)C=C5)C(C)(C)[C@@H]3C[C@]45CCCN4C(=O)[C@]13NC5=O)C2=O. The van der Waals surface area contributed by atoms with Crippen LogP contribution >= 0.6 is 0 Å². The van der Waals surface area contributed by atoms with Crippen LogP contribution in [0.25, 0.3) is 22.6 Å². The second-order valence-electron chi connectivity index (χ2n) is 15.7. The van der Waals surface area contributed by atoms with Crippen molar-refractivity contribution in [3.05, 3.63) is 62.9 Å². The molecule has 0 unspecified atom stereocenters. The van der Waals surface area contributed by atoms with E-state index in [-0.39, 0.29) is 52.0 Å². The van der Waals surface area contributed by atoms with Crippen LogP contribution in [0.15, 0.2) is 23.8 Å². The molecule has 252 valence electrons. The Hall–Kier alpha value is -5.06. The molecule has 3 N–H and O–H groups in total. The molecule has 4 saturated heterocycles. The Kier molecular flexibility index (Phi) is 5.36. The van der Waals surface area contributed by atoms with E-state index in [1.807, 2.05) is 39.8 Å². The summed E-state index contributed by atoms with van der Waals surface area (Å²) in [6, 6.07) is 3.55. The number of hydrogen-bond acceptors (Lipinski definition) is 8. The van der Waals surface area contributed by atoms with Crippen molar-refractivity contribution >= 4 is 46.1 Å². The zero-order valence-corrected chi connectivity index (χ0v) is 28.5. The third-order valence-corrected chi connectivity index (χ3v) is 12.4. The molecule has 7 aliphatic rings. The van der Waals surface area contributed by atoms with Gasteiger partial charge in [-0.05, 0) is 89.3 Å². The molecule has 7 heterocycles. The number of hydrogen-bond donors (Lipinski definition) is 3. The number of amides is 2. The summed E-state index contributed by atoms with van der Waals surface area (Å²) >= 11 is 0. The molecule has 6 aliphatic heterocycles. The van der Waals surface area contributed by atoms with E-state index in [1.54, 1.807) is 37.8 Å². The molecular weight excluding hydrogens is 626 g/mol. The van der Waals surface area contributed by atoms with E-state index in [0.717, 1.165) is 4.73 Å². The topological polar surface area (TPSA) is 147 Å². The molecule has 3 atom stereocenters. The monoisotopic (exact) mass is 663 g/mol. The number of fused-ring (bicyclic) bond motifs is 7. The average molecular weight is 664 g/mol. The van der Waals surface area contributed by atoms with Gasteiger partial charge in [0.25, 0.3) is 5.91 Å². The summed E-state index contributed by atoms with van der Waals surface area (Å²) in [5, 5.41) is 26.7. The summed E-state index contributed by atoms with van der Waals surface area (Å²) < 4.78 is 13.3. The number of benzene rings is 2. The van der Waals surface area contributed by atoms with Crippen molar-refractivity contribution in [2.45, 2.75) is 89.8 Å². The molecule has 0 saturated carbocycles. The van der Waals surface area contributed by atoms with E-state index < -0.39 is 39.8 Å². The zero-order chi connectivity index (χ0) is 34.9. The van der Waals surface area contributed by atoms with Gasteiger partial charge in [-0.1, -0.05) is 13.8 Å². The summed E-state index contributed by atoms with van der Waals surface area (Å²) in [4.78, 5) is 60.3. The van der Waals surface area contributed by atoms with Gasteiger partial charge in [-0.3, -0.25) is 14.4 Å². The number of esters is 1. The molecule has 2 amide bonds. The minimum absolute atomic E-state index is 0.0323. The van der Waals surface area contributed by atoms with Crippen molar-refractivity contribution in [2.24, 2.45) is 5.92 Å². The Bertz CT molecular complexity index is 2270. The summed E-state index contributed by atoms with van der Waals surface area (Å²) in [5.74, 6) is -2.56. The average Bonchev–Trinajstić information content (AvgIpc) is 3.61. The predicted molar refractivity (Wildman–Crippen MR) is 178 cm³/mol. The van der Waals surface area contributed by atoms with Crippen molar-refractivity contribution in [1.82, 2.24) is 14.9 Å². The summed E-state index contributed by atoms with van der Waals surface area (Å²) in [7, 11) is 0. The van der Waals surface area contributed by atoms with Crippen molar-refractivity contribution in [2.75, 3.05) is 6.54 Å². The summed E-state index contributed by atoms with van der Waals surface area (Å²) in [6.45, 7) is 13.1. The van der Waals surface area contributed by atoms with Gasteiger partial charge in [0.05, 0.1) is 16.8 Å². The molecule has 2 bridgehead atoms. The Morgan fingerprint density at radius 1 is 0.980 bits per heavy atom. The number of Topliss-reactive ketones (excluding diaryl/α,β-unsaturated/α-hetero) is 1. The number of phenols is 1. The number of aromatic hydroxyl groups is 1. The highest BCUT2D eigenvalue weighted by molar-refractivity contribution is 6.35. The van der Waals surface area contributed by atoms with Crippen LogP contribution in [0.2, 0.25) is 0 Å². The second-order valence-corrected chi connectivity index (χ2v) is 15.7. The summed E-state index contributed by atoms with van der Waals surface area (Å²) in [6.07, 6.45) is 5.20. The fraction of sp³-hybridized carbons (Fsp3) is 0.421. The van der Waals surface area contributed by atoms with Crippen LogP contribution in [0.5, 0.6) is 17.2 Å². The molecule has 2 aromatic carbocycles. The van der Waals surface area contributed by atoms with Gasteiger partial charge in [0.15, 0.2) is 5.54 Å².